The molecule has 2 amide bonds. The van der Waals surface area contributed by atoms with Crippen LogP contribution in [0.4, 0.5) is 5.95 Å². The number of hydrogen-bond donors (Lipinski definition) is 0. The molecule has 0 N–H and O–H groups in total. The summed E-state index contributed by atoms with van der Waals surface area (Å²) in [6, 6.07) is 1.79. The second kappa shape index (κ2) is 7.99. The van der Waals surface area contributed by atoms with Crippen LogP contribution in [-0.2, 0) is 14.3 Å². The van der Waals surface area contributed by atoms with E-state index in [1.807, 2.05) is 23.6 Å². The number of hydrogen-bond acceptors (Lipinski definition) is 6. The van der Waals surface area contributed by atoms with Crippen molar-refractivity contribution in [3.63, 3.8) is 0 Å². The van der Waals surface area contributed by atoms with Crippen molar-refractivity contribution in [2.75, 3.05) is 50.8 Å². The molecular weight excluding hydrogens is 334 g/mol. The molecule has 0 saturated carbocycles. The van der Waals surface area contributed by atoms with Gasteiger partial charge in [-0.05, 0) is 19.9 Å². The van der Waals surface area contributed by atoms with Crippen LogP contribution in [0.2, 0.25) is 0 Å². The maximum absolute atomic E-state index is 12.4. The summed E-state index contributed by atoms with van der Waals surface area (Å²) in [6.07, 6.45) is 3.96. The predicted molar refractivity (Wildman–Crippen MR) is 96.7 cm³/mol. The molecule has 2 aliphatic heterocycles. The maximum atomic E-state index is 12.4. The number of aromatic nitrogens is 2. The lowest BCUT2D eigenvalue weighted by molar-refractivity contribution is -0.147. The van der Waals surface area contributed by atoms with E-state index in [1.54, 1.807) is 18.5 Å². The minimum atomic E-state index is -0.312. The lowest BCUT2D eigenvalue weighted by Crippen LogP contribution is -2.51. The third-order valence-corrected chi connectivity index (χ3v) is 4.80. The summed E-state index contributed by atoms with van der Waals surface area (Å²) in [4.78, 5) is 39.0. The zero-order valence-electron chi connectivity index (χ0n) is 15.6. The zero-order valence-corrected chi connectivity index (χ0v) is 15.6. The third kappa shape index (κ3) is 4.69. The third-order valence-electron chi connectivity index (χ3n) is 4.80. The number of ether oxygens (including phenoxy) is 1. The molecule has 1 aromatic heterocycles. The van der Waals surface area contributed by atoms with Crippen LogP contribution in [0.25, 0.3) is 0 Å². The van der Waals surface area contributed by atoms with E-state index in [4.69, 9.17) is 4.74 Å². The predicted octanol–water partition coefficient (Wildman–Crippen LogP) is 0.543. The summed E-state index contributed by atoms with van der Waals surface area (Å²) < 4.78 is 5.63. The van der Waals surface area contributed by atoms with E-state index in [2.05, 4.69) is 14.9 Å². The van der Waals surface area contributed by atoms with E-state index in [-0.39, 0.29) is 30.3 Å². The maximum Gasteiger partial charge on any atom is 0.225 e. The van der Waals surface area contributed by atoms with Crippen LogP contribution < -0.4 is 4.90 Å². The van der Waals surface area contributed by atoms with Gasteiger partial charge < -0.3 is 19.4 Å². The Bertz CT molecular complexity index is 629. The van der Waals surface area contributed by atoms with Gasteiger partial charge in [0.25, 0.3) is 0 Å². The minimum Gasteiger partial charge on any atom is -0.372 e. The molecule has 2 fully saturated rings. The fourth-order valence-corrected chi connectivity index (χ4v) is 3.37. The largest absolute Gasteiger partial charge is 0.372 e. The van der Waals surface area contributed by atoms with Gasteiger partial charge in [0.1, 0.15) is 0 Å². The van der Waals surface area contributed by atoms with E-state index < -0.39 is 0 Å². The first kappa shape index (κ1) is 18.6. The van der Waals surface area contributed by atoms with Crippen molar-refractivity contribution in [2.24, 2.45) is 0 Å². The van der Waals surface area contributed by atoms with Crippen LogP contribution in [0.15, 0.2) is 18.5 Å². The number of nitrogens with zero attached hydrogens (tertiary/aromatic N) is 5. The highest BCUT2D eigenvalue weighted by Crippen LogP contribution is 2.18. The van der Waals surface area contributed by atoms with Gasteiger partial charge in [-0.3, -0.25) is 9.59 Å². The van der Waals surface area contributed by atoms with E-state index >= 15 is 0 Å². The normalized spacial score (nSPS) is 20.2. The Hall–Kier alpha value is -2.22. The standard InChI is InChI=1S/C18H27N5O3/c1-18(2)14-23(12-13-26-18)16(25)5-4-15(24)21-8-10-22(11-9-21)17-19-6-3-7-20-17/h3,6-7H,4-5,8-14H2,1-2H3. The smallest absolute Gasteiger partial charge is 0.225 e. The van der Waals surface area contributed by atoms with Crippen molar-refractivity contribution in [1.29, 1.82) is 0 Å². The molecule has 8 heteroatoms. The Morgan fingerprint density at radius 1 is 1.00 bits per heavy atom. The Morgan fingerprint density at radius 3 is 2.23 bits per heavy atom. The summed E-state index contributed by atoms with van der Waals surface area (Å²) in [6.45, 7) is 8.38. The number of morpholine rings is 1. The average Bonchev–Trinajstić information content (AvgIpc) is 2.66. The number of carbonyl (C=O) groups excluding carboxylic acids is 2. The molecule has 2 saturated heterocycles. The second-order valence-electron chi connectivity index (χ2n) is 7.34. The monoisotopic (exact) mass is 361 g/mol. The first-order chi connectivity index (χ1) is 12.4. The van der Waals surface area contributed by atoms with Crippen molar-refractivity contribution in [3.05, 3.63) is 18.5 Å². The second-order valence-corrected chi connectivity index (χ2v) is 7.34. The summed E-state index contributed by atoms with van der Waals surface area (Å²) in [5, 5.41) is 0. The molecule has 142 valence electrons. The van der Waals surface area contributed by atoms with Gasteiger partial charge in [-0.2, -0.15) is 0 Å². The van der Waals surface area contributed by atoms with Crippen molar-refractivity contribution in [2.45, 2.75) is 32.3 Å². The molecule has 26 heavy (non-hydrogen) atoms. The van der Waals surface area contributed by atoms with Crippen molar-refractivity contribution < 1.29 is 14.3 Å². The Morgan fingerprint density at radius 2 is 1.62 bits per heavy atom. The molecule has 0 bridgehead atoms. The zero-order chi connectivity index (χ0) is 18.6. The number of anilines is 1. The highest BCUT2D eigenvalue weighted by Gasteiger charge is 2.30. The number of amides is 2. The molecule has 0 spiro atoms. The summed E-state index contributed by atoms with van der Waals surface area (Å²) >= 11 is 0. The summed E-state index contributed by atoms with van der Waals surface area (Å²) in [7, 11) is 0. The number of carbonyl (C=O) groups is 2. The summed E-state index contributed by atoms with van der Waals surface area (Å²) in [5.41, 5.74) is -0.312. The van der Waals surface area contributed by atoms with Gasteiger partial charge in [0.15, 0.2) is 0 Å². The highest BCUT2D eigenvalue weighted by molar-refractivity contribution is 5.84. The highest BCUT2D eigenvalue weighted by atomic mass is 16.5. The van der Waals surface area contributed by atoms with Crippen molar-refractivity contribution in [3.8, 4) is 0 Å². The lowest BCUT2D eigenvalue weighted by atomic mass is 10.1. The molecular formula is C18H27N5O3. The fraction of sp³-hybridized carbons (Fsp3) is 0.667. The van der Waals surface area contributed by atoms with Crippen LogP contribution in [0.1, 0.15) is 26.7 Å². The Balaban J connectivity index is 1.42. The van der Waals surface area contributed by atoms with Gasteiger partial charge in [0.05, 0.1) is 12.2 Å². The Kier molecular flexibility index (Phi) is 5.70. The Labute approximate surface area is 154 Å². The van der Waals surface area contributed by atoms with E-state index in [0.29, 0.717) is 51.8 Å². The van der Waals surface area contributed by atoms with Gasteiger partial charge in [0.2, 0.25) is 17.8 Å². The van der Waals surface area contributed by atoms with Gasteiger partial charge in [-0.1, -0.05) is 0 Å². The van der Waals surface area contributed by atoms with Crippen LogP contribution in [-0.4, -0.2) is 83.1 Å². The topological polar surface area (TPSA) is 78.9 Å². The summed E-state index contributed by atoms with van der Waals surface area (Å²) in [5.74, 6) is 0.773. The molecule has 8 nitrogen and oxygen atoms in total. The SMILES string of the molecule is CC1(C)CN(C(=O)CCC(=O)N2CCN(c3ncccn3)CC2)CCO1. The van der Waals surface area contributed by atoms with Crippen molar-refractivity contribution in [1.82, 2.24) is 19.8 Å². The van der Waals surface area contributed by atoms with Crippen LogP contribution in [0, 0.1) is 0 Å². The van der Waals surface area contributed by atoms with E-state index in [9.17, 15) is 9.59 Å². The fourth-order valence-electron chi connectivity index (χ4n) is 3.37. The average molecular weight is 361 g/mol. The van der Waals surface area contributed by atoms with Gasteiger partial charge in [0, 0.05) is 64.5 Å². The molecule has 0 atom stereocenters. The number of rotatable bonds is 4. The molecule has 0 unspecified atom stereocenters. The first-order valence-electron chi connectivity index (χ1n) is 9.16. The lowest BCUT2D eigenvalue weighted by Gasteiger charge is -2.38. The van der Waals surface area contributed by atoms with Crippen molar-refractivity contribution >= 4 is 17.8 Å². The molecule has 1 aromatic rings. The first-order valence-corrected chi connectivity index (χ1v) is 9.16. The van der Waals surface area contributed by atoms with Gasteiger partial charge >= 0.3 is 0 Å². The quantitative estimate of drug-likeness (QED) is 0.779. The van der Waals surface area contributed by atoms with Gasteiger partial charge in [-0.15, -0.1) is 0 Å². The molecule has 0 radical (unpaired) electrons. The van der Waals surface area contributed by atoms with Crippen LogP contribution in [0.5, 0.6) is 0 Å². The molecule has 2 aliphatic rings. The molecule has 0 aliphatic carbocycles. The molecule has 0 aromatic carbocycles. The van der Waals surface area contributed by atoms with E-state index in [1.165, 1.54) is 0 Å². The molecule has 3 rings (SSSR count). The van der Waals surface area contributed by atoms with E-state index in [0.717, 1.165) is 0 Å². The van der Waals surface area contributed by atoms with Crippen LogP contribution in [0.3, 0.4) is 0 Å². The minimum absolute atomic E-state index is 0.0334. The number of piperazine rings is 1. The van der Waals surface area contributed by atoms with Crippen LogP contribution >= 0.6 is 0 Å². The van der Waals surface area contributed by atoms with Gasteiger partial charge in [-0.25, -0.2) is 9.97 Å². The molecule has 3 heterocycles.